The normalized spacial score (nSPS) is 15.0. The van der Waals surface area contributed by atoms with Gasteiger partial charge in [-0.3, -0.25) is 14.6 Å². The average molecular weight is 363 g/mol. The first-order chi connectivity index (χ1) is 13.2. The first kappa shape index (κ1) is 17.2. The fourth-order valence-corrected chi connectivity index (χ4v) is 3.49. The van der Waals surface area contributed by atoms with Crippen molar-refractivity contribution in [1.82, 2.24) is 24.8 Å². The molecular formula is C20H21N5O2. The van der Waals surface area contributed by atoms with Crippen molar-refractivity contribution in [2.75, 3.05) is 26.2 Å². The maximum absolute atomic E-state index is 12.8. The summed E-state index contributed by atoms with van der Waals surface area (Å²) in [6, 6.07) is 7.98. The molecule has 0 radical (unpaired) electrons. The van der Waals surface area contributed by atoms with E-state index in [-0.39, 0.29) is 11.8 Å². The summed E-state index contributed by atoms with van der Waals surface area (Å²) in [6.07, 6.45) is 7.57. The number of carbonyl (C=O) groups excluding carboxylic acids is 2. The van der Waals surface area contributed by atoms with Crippen molar-refractivity contribution in [3.05, 3.63) is 60.3 Å². The molecule has 7 nitrogen and oxygen atoms in total. The summed E-state index contributed by atoms with van der Waals surface area (Å²) in [5.74, 6) is -0.0393. The van der Waals surface area contributed by atoms with Crippen LogP contribution in [0.5, 0.6) is 0 Å². The van der Waals surface area contributed by atoms with Crippen LogP contribution in [0.1, 0.15) is 22.5 Å². The van der Waals surface area contributed by atoms with Crippen LogP contribution in [0.15, 0.2) is 49.1 Å². The fraction of sp³-hybridized carbons (Fsp3) is 0.300. The van der Waals surface area contributed by atoms with E-state index in [2.05, 4.69) is 15.0 Å². The molecule has 4 rings (SSSR count). The van der Waals surface area contributed by atoms with Crippen molar-refractivity contribution < 1.29 is 9.59 Å². The maximum atomic E-state index is 12.8. The van der Waals surface area contributed by atoms with Gasteiger partial charge >= 0.3 is 0 Å². The number of carbonyl (C=O) groups is 2. The minimum atomic E-state index is -0.131. The predicted octanol–water partition coefficient (Wildman–Crippen LogP) is 1.88. The largest absolute Gasteiger partial charge is 0.361 e. The number of H-pyrrole nitrogens is 1. The highest BCUT2D eigenvalue weighted by atomic mass is 16.2. The third-order valence-corrected chi connectivity index (χ3v) is 4.93. The quantitative estimate of drug-likeness (QED) is 0.770. The molecule has 0 saturated carbocycles. The Morgan fingerprint density at radius 1 is 1.04 bits per heavy atom. The van der Waals surface area contributed by atoms with Crippen LogP contribution in [-0.4, -0.2) is 62.7 Å². The van der Waals surface area contributed by atoms with E-state index in [0.29, 0.717) is 38.3 Å². The Kier molecular flexibility index (Phi) is 4.82. The molecule has 1 saturated heterocycles. The number of nitrogens with zero attached hydrogens (tertiary/aromatic N) is 4. The first-order valence-electron chi connectivity index (χ1n) is 9.10. The lowest BCUT2D eigenvalue weighted by atomic mass is 10.1. The SMILES string of the molecule is O=C(Cc1c[nH]c2ccccc12)N1CCCN(C(=O)c2cnccn2)CC1. The van der Waals surface area contributed by atoms with Gasteiger partial charge in [0, 0.05) is 55.7 Å². The summed E-state index contributed by atoms with van der Waals surface area (Å²) >= 11 is 0. The molecule has 1 aromatic carbocycles. The van der Waals surface area contributed by atoms with Gasteiger partial charge in [0.1, 0.15) is 5.69 Å². The Bertz CT molecular complexity index is 953. The second kappa shape index (κ2) is 7.57. The van der Waals surface area contributed by atoms with Crippen molar-refractivity contribution in [3.63, 3.8) is 0 Å². The van der Waals surface area contributed by atoms with Crippen LogP contribution in [0.25, 0.3) is 10.9 Å². The molecule has 3 aromatic rings. The third kappa shape index (κ3) is 3.67. The molecule has 138 valence electrons. The summed E-state index contributed by atoms with van der Waals surface area (Å²) in [7, 11) is 0. The van der Waals surface area contributed by atoms with E-state index < -0.39 is 0 Å². The van der Waals surface area contributed by atoms with Gasteiger partial charge in [0.25, 0.3) is 5.91 Å². The van der Waals surface area contributed by atoms with Crippen LogP contribution in [0, 0.1) is 0 Å². The van der Waals surface area contributed by atoms with Gasteiger partial charge in [0.15, 0.2) is 0 Å². The van der Waals surface area contributed by atoms with E-state index in [9.17, 15) is 9.59 Å². The zero-order valence-electron chi connectivity index (χ0n) is 15.0. The van der Waals surface area contributed by atoms with E-state index in [0.717, 1.165) is 22.9 Å². The van der Waals surface area contributed by atoms with Crippen LogP contribution < -0.4 is 0 Å². The third-order valence-electron chi connectivity index (χ3n) is 4.93. The van der Waals surface area contributed by atoms with Gasteiger partial charge < -0.3 is 14.8 Å². The maximum Gasteiger partial charge on any atom is 0.274 e. The lowest BCUT2D eigenvalue weighted by Gasteiger charge is -2.22. The highest BCUT2D eigenvalue weighted by molar-refractivity contribution is 5.92. The van der Waals surface area contributed by atoms with Crippen LogP contribution in [0.2, 0.25) is 0 Å². The van der Waals surface area contributed by atoms with Crippen molar-refractivity contribution in [2.24, 2.45) is 0 Å². The zero-order valence-corrected chi connectivity index (χ0v) is 15.0. The van der Waals surface area contributed by atoms with Gasteiger partial charge in [-0.15, -0.1) is 0 Å². The number of benzene rings is 1. The molecular weight excluding hydrogens is 342 g/mol. The first-order valence-corrected chi connectivity index (χ1v) is 9.10. The number of aromatic amines is 1. The molecule has 1 aliphatic rings. The Balaban J connectivity index is 1.40. The summed E-state index contributed by atoms with van der Waals surface area (Å²) in [4.78, 5) is 40.2. The average Bonchev–Trinajstić information content (AvgIpc) is 2.95. The number of para-hydroxylation sites is 1. The molecule has 0 aliphatic carbocycles. The van der Waals surface area contributed by atoms with Crippen LogP contribution in [0.4, 0.5) is 0 Å². The standard InChI is InChI=1S/C20H21N5O2/c26-19(12-15-13-23-17-5-2-1-4-16(15)17)24-8-3-9-25(11-10-24)20(27)18-14-21-6-7-22-18/h1-2,4-7,13-14,23H,3,8-12H2. The molecule has 0 unspecified atom stereocenters. The minimum Gasteiger partial charge on any atom is -0.361 e. The van der Waals surface area contributed by atoms with E-state index in [1.807, 2.05) is 35.4 Å². The monoisotopic (exact) mass is 363 g/mol. The highest BCUT2D eigenvalue weighted by Crippen LogP contribution is 2.19. The lowest BCUT2D eigenvalue weighted by molar-refractivity contribution is -0.130. The molecule has 27 heavy (non-hydrogen) atoms. The fourth-order valence-electron chi connectivity index (χ4n) is 3.49. The van der Waals surface area contributed by atoms with E-state index >= 15 is 0 Å². The summed E-state index contributed by atoms with van der Waals surface area (Å²) < 4.78 is 0. The molecule has 7 heteroatoms. The van der Waals surface area contributed by atoms with Gasteiger partial charge in [-0.25, -0.2) is 4.98 Å². The molecule has 1 aliphatic heterocycles. The Morgan fingerprint density at radius 3 is 2.70 bits per heavy atom. The number of amides is 2. The van der Waals surface area contributed by atoms with Crippen molar-refractivity contribution in [1.29, 1.82) is 0 Å². The van der Waals surface area contributed by atoms with Gasteiger partial charge in [-0.2, -0.15) is 0 Å². The number of hydrogen-bond donors (Lipinski definition) is 1. The highest BCUT2D eigenvalue weighted by Gasteiger charge is 2.24. The topological polar surface area (TPSA) is 82.2 Å². The zero-order chi connectivity index (χ0) is 18.6. The van der Waals surface area contributed by atoms with Crippen molar-refractivity contribution in [2.45, 2.75) is 12.8 Å². The van der Waals surface area contributed by atoms with Gasteiger partial charge in [0.2, 0.25) is 5.91 Å². The molecule has 1 N–H and O–H groups in total. The summed E-state index contributed by atoms with van der Waals surface area (Å²) in [5.41, 5.74) is 2.39. The molecule has 1 fully saturated rings. The van der Waals surface area contributed by atoms with Crippen molar-refractivity contribution >= 4 is 22.7 Å². The van der Waals surface area contributed by atoms with Gasteiger partial charge in [-0.05, 0) is 18.1 Å². The van der Waals surface area contributed by atoms with E-state index in [1.54, 1.807) is 11.1 Å². The number of nitrogens with one attached hydrogen (secondary N) is 1. The van der Waals surface area contributed by atoms with E-state index in [4.69, 9.17) is 0 Å². The molecule has 0 spiro atoms. The van der Waals surface area contributed by atoms with Gasteiger partial charge in [-0.1, -0.05) is 18.2 Å². The summed E-state index contributed by atoms with van der Waals surface area (Å²) in [6.45, 7) is 2.32. The Hall–Kier alpha value is -3.22. The van der Waals surface area contributed by atoms with Gasteiger partial charge in [0.05, 0.1) is 12.6 Å². The molecule has 2 amide bonds. The number of aromatic nitrogens is 3. The molecule has 0 atom stereocenters. The minimum absolute atomic E-state index is 0.0913. The predicted molar refractivity (Wildman–Crippen MR) is 101 cm³/mol. The number of hydrogen-bond acceptors (Lipinski definition) is 4. The molecule has 3 heterocycles. The van der Waals surface area contributed by atoms with Crippen LogP contribution >= 0.6 is 0 Å². The van der Waals surface area contributed by atoms with Crippen LogP contribution in [0.3, 0.4) is 0 Å². The lowest BCUT2D eigenvalue weighted by Crippen LogP contribution is -2.38. The van der Waals surface area contributed by atoms with Crippen molar-refractivity contribution in [3.8, 4) is 0 Å². The number of fused-ring (bicyclic) bond motifs is 1. The van der Waals surface area contributed by atoms with E-state index in [1.165, 1.54) is 12.4 Å². The second-order valence-corrected chi connectivity index (χ2v) is 6.65. The Labute approximate surface area is 157 Å². The second-order valence-electron chi connectivity index (χ2n) is 6.65. The Morgan fingerprint density at radius 2 is 1.85 bits per heavy atom. The molecule has 2 aromatic heterocycles. The summed E-state index contributed by atoms with van der Waals surface area (Å²) in [5, 5.41) is 1.08. The number of rotatable bonds is 3. The molecule has 0 bridgehead atoms. The smallest absolute Gasteiger partial charge is 0.274 e. The van der Waals surface area contributed by atoms with Crippen LogP contribution in [-0.2, 0) is 11.2 Å².